The molecule has 16 heavy (non-hydrogen) atoms. The zero-order valence-corrected chi connectivity index (χ0v) is 9.17. The van der Waals surface area contributed by atoms with Crippen LogP contribution < -0.4 is 0 Å². The van der Waals surface area contributed by atoms with Crippen LogP contribution in [0, 0.1) is 0 Å². The number of ether oxygens (including phenoxy) is 1. The Balaban J connectivity index is 3.50. The average molecular weight is 241 g/mol. The predicted molar refractivity (Wildman–Crippen MR) is 55.2 cm³/mol. The van der Waals surface area contributed by atoms with Gasteiger partial charge in [0.1, 0.15) is 6.61 Å². The molecular weight excluding hydrogens is 223 g/mol. The van der Waals surface area contributed by atoms with Gasteiger partial charge in [-0.1, -0.05) is 6.08 Å². The number of hydrogen-bond acceptors (Lipinski definition) is 3. The number of hydrogen-bond donors (Lipinski definition) is 1. The van der Waals surface area contributed by atoms with Crippen molar-refractivity contribution in [2.45, 2.75) is 12.6 Å². The molecule has 0 unspecified atom stereocenters. The molecule has 0 aliphatic rings. The van der Waals surface area contributed by atoms with Gasteiger partial charge in [-0.3, -0.25) is 4.90 Å². The van der Waals surface area contributed by atoms with Crippen molar-refractivity contribution >= 4 is 0 Å². The SMILES string of the molecule is C=CCN(CCO)CCCOCC(F)(F)F. The molecule has 0 saturated carbocycles. The van der Waals surface area contributed by atoms with Gasteiger partial charge >= 0.3 is 6.18 Å². The highest BCUT2D eigenvalue weighted by Crippen LogP contribution is 2.14. The Labute approximate surface area is 93.5 Å². The van der Waals surface area contributed by atoms with Crippen molar-refractivity contribution in [3.63, 3.8) is 0 Å². The fourth-order valence-corrected chi connectivity index (χ4v) is 1.20. The maximum atomic E-state index is 11.7. The van der Waals surface area contributed by atoms with Crippen LogP contribution in [0.25, 0.3) is 0 Å². The zero-order valence-electron chi connectivity index (χ0n) is 9.17. The van der Waals surface area contributed by atoms with Gasteiger partial charge in [-0.15, -0.1) is 6.58 Å². The largest absolute Gasteiger partial charge is 0.411 e. The third-order valence-electron chi connectivity index (χ3n) is 1.83. The zero-order chi connectivity index (χ0) is 12.4. The molecule has 1 N–H and O–H groups in total. The molecule has 6 heteroatoms. The lowest BCUT2D eigenvalue weighted by atomic mass is 10.3. The molecule has 96 valence electrons. The first kappa shape index (κ1) is 15.4. The summed E-state index contributed by atoms with van der Waals surface area (Å²) < 4.78 is 39.6. The van der Waals surface area contributed by atoms with Crippen molar-refractivity contribution < 1.29 is 23.0 Å². The molecule has 0 heterocycles. The summed E-state index contributed by atoms with van der Waals surface area (Å²) in [7, 11) is 0. The van der Waals surface area contributed by atoms with Crippen molar-refractivity contribution in [1.29, 1.82) is 0 Å². The summed E-state index contributed by atoms with van der Waals surface area (Å²) in [5.74, 6) is 0. The van der Waals surface area contributed by atoms with Crippen LogP contribution in [0.1, 0.15) is 6.42 Å². The topological polar surface area (TPSA) is 32.7 Å². The molecule has 0 spiro atoms. The van der Waals surface area contributed by atoms with Crippen LogP contribution in [0.15, 0.2) is 12.7 Å². The van der Waals surface area contributed by atoms with E-state index in [4.69, 9.17) is 5.11 Å². The van der Waals surface area contributed by atoms with Crippen molar-refractivity contribution in [3.8, 4) is 0 Å². The van der Waals surface area contributed by atoms with Gasteiger partial charge in [-0.25, -0.2) is 0 Å². The first-order valence-electron chi connectivity index (χ1n) is 5.08. The molecule has 0 aromatic rings. The Morgan fingerprint density at radius 1 is 1.31 bits per heavy atom. The first-order valence-corrected chi connectivity index (χ1v) is 5.08. The van der Waals surface area contributed by atoms with Crippen LogP contribution in [-0.2, 0) is 4.74 Å². The van der Waals surface area contributed by atoms with Gasteiger partial charge in [-0.2, -0.15) is 13.2 Å². The maximum absolute atomic E-state index is 11.7. The third-order valence-corrected chi connectivity index (χ3v) is 1.83. The van der Waals surface area contributed by atoms with Crippen LogP contribution in [-0.4, -0.2) is 55.6 Å². The fourth-order valence-electron chi connectivity index (χ4n) is 1.20. The van der Waals surface area contributed by atoms with E-state index in [0.717, 1.165) is 0 Å². The van der Waals surface area contributed by atoms with Crippen LogP contribution in [0.5, 0.6) is 0 Å². The summed E-state index contributed by atoms with van der Waals surface area (Å²) in [6.45, 7) is 4.14. The Kier molecular flexibility index (Phi) is 8.23. The van der Waals surface area contributed by atoms with Crippen LogP contribution >= 0.6 is 0 Å². The average Bonchev–Trinajstić information content (AvgIpc) is 2.16. The second-order valence-electron chi connectivity index (χ2n) is 3.33. The molecule has 0 aliphatic heterocycles. The molecule has 0 rings (SSSR count). The molecular formula is C10H18F3NO2. The molecule has 0 saturated heterocycles. The Morgan fingerprint density at radius 3 is 2.50 bits per heavy atom. The molecule has 0 aliphatic carbocycles. The number of alkyl halides is 3. The fraction of sp³-hybridized carbons (Fsp3) is 0.800. The van der Waals surface area contributed by atoms with Crippen LogP contribution in [0.4, 0.5) is 13.2 Å². The van der Waals surface area contributed by atoms with Crippen molar-refractivity contribution in [2.24, 2.45) is 0 Å². The standard InChI is InChI=1S/C10H18F3NO2/c1-2-4-14(6-7-15)5-3-8-16-9-10(11,12)13/h2,15H,1,3-9H2. The molecule has 0 aromatic carbocycles. The normalized spacial score (nSPS) is 12.1. The lowest BCUT2D eigenvalue weighted by molar-refractivity contribution is -0.174. The molecule has 0 radical (unpaired) electrons. The Morgan fingerprint density at radius 2 is 2.00 bits per heavy atom. The quantitative estimate of drug-likeness (QED) is 0.489. The maximum Gasteiger partial charge on any atom is 0.411 e. The third kappa shape index (κ3) is 9.95. The minimum absolute atomic E-state index is 0.0250. The molecule has 0 bridgehead atoms. The van der Waals surface area contributed by atoms with Gasteiger partial charge in [0, 0.05) is 26.2 Å². The summed E-state index contributed by atoms with van der Waals surface area (Å²) in [5, 5.41) is 8.72. The minimum atomic E-state index is -4.26. The van der Waals surface area contributed by atoms with E-state index in [0.29, 0.717) is 26.1 Å². The second-order valence-corrected chi connectivity index (χ2v) is 3.33. The van der Waals surface area contributed by atoms with E-state index in [-0.39, 0.29) is 13.2 Å². The van der Waals surface area contributed by atoms with Gasteiger partial charge < -0.3 is 9.84 Å². The number of halogens is 3. The lowest BCUT2D eigenvalue weighted by Crippen LogP contribution is -2.29. The van der Waals surface area contributed by atoms with E-state index in [2.05, 4.69) is 11.3 Å². The minimum Gasteiger partial charge on any atom is -0.395 e. The summed E-state index contributed by atoms with van der Waals surface area (Å²) in [5.41, 5.74) is 0. The second kappa shape index (κ2) is 8.55. The molecule has 0 atom stereocenters. The van der Waals surface area contributed by atoms with E-state index in [9.17, 15) is 13.2 Å². The highest BCUT2D eigenvalue weighted by molar-refractivity contribution is 4.73. The molecule has 0 amide bonds. The summed E-state index contributed by atoms with van der Waals surface area (Å²) >= 11 is 0. The molecule has 3 nitrogen and oxygen atoms in total. The Hall–Kier alpha value is -0.590. The number of aliphatic hydroxyl groups is 1. The molecule has 0 fully saturated rings. The lowest BCUT2D eigenvalue weighted by Gasteiger charge is -2.19. The number of aliphatic hydroxyl groups excluding tert-OH is 1. The number of nitrogens with zero attached hydrogens (tertiary/aromatic N) is 1. The predicted octanol–water partition coefficient (Wildman–Crippen LogP) is 1.44. The summed E-state index contributed by atoms with van der Waals surface area (Å²) in [6, 6.07) is 0. The van der Waals surface area contributed by atoms with Crippen LogP contribution in [0.3, 0.4) is 0 Å². The monoisotopic (exact) mass is 241 g/mol. The highest BCUT2D eigenvalue weighted by Gasteiger charge is 2.27. The van der Waals surface area contributed by atoms with Gasteiger partial charge in [0.05, 0.1) is 6.61 Å². The van der Waals surface area contributed by atoms with E-state index in [1.54, 1.807) is 6.08 Å². The highest BCUT2D eigenvalue weighted by atomic mass is 19.4. The summed E-state index contributed by atoms with van der Waals surface area (Å²) in [4.78, 5) is 1.89. The summed E-state index contributed by atoms with van der Waals surface area (Å²) in [6.07, 6.45) is -2.07. The van der Waals surface area contributed by atoms with E-state index in [1.807, 2.05) is 4.90 Å². The smallest absolute Gasteiger partial charge is 0.395 e. The van der Waals surface area contributed by atoms with Crippen LogP contribution in [0.2, 0.25) is 0 Å². The first-order chi connectivity index (χ1) is 7.49. The van der Waals surface area contributed by atoms with Crippen molar-refractivity contribution in [2.75, 3.05) is 39.5 Å². The Bertz CT molecular complexity index is 185. The van der Waals surface area contributed by atoms with E-state index >= 15 is 0 Å². The molecule has 0 aromatic heterocycles. The van der Waals surface area contributed by atoms with E-state index in [1.165, 1.54) is 0 Å². The van der Waals surface area contributed by atoms with Crippen molar-refractivity contribution in [3.05, 3.63) is 12.7 Å². The van der Waals surface area contributed by atoms with E-state index < -0.39 is 12.8 Å². The van der Waals surface area contributed by atoms with Gasteiger partial charge in [-0.05, 0) is 6.42 Å². The van der Waals surface area contributed by atoms with Gasteiger partial charge in [0.2, 0.25) is 0 Å². The van der Waals surface area contributed by atoms with Gasteiger partial charge in [0.25, 0.3) is 0 Å². The number of rotatable bonds is 9. The van der Waals surface area contributed by atoms with Gasteiger partial charge in [0.15, 0.2) is 0 Å². The van der Waals surface area contributed by atoms with Crippen molar-refractivity contribution in [1.82, 2.24) is 4.90 Å².